The third-order valence-electron chi connectivity index (χ3n) is 2.32. The fourth-order valence-corrected chi connectivity index (χ4v) is 1.45. The lowest BCUT2D eigenvalue weighted by molar-refractivity contribution is 0.403. The van der Waals surface area contributed by atoms with E-state index < -0.39 is 0 Å². The van der Waals surface area contributed by atoms with Crippen molar-refractivity contribution in [2.45, 2.75) is 0 Å². The van der Waals surface area contributed by atoms with Crippen molar-refractivity contribution in [3.05, 3.63) is 59.4 Å². The molecule has 0 aliphatic heterocycles. The number of halogens is 1. The maximum Gasteiger partial charge on any atom is 0.157 e. The van der Waals surface area contributed by atoms with Crippen LogP contribution >= 0.6 is 0 Å². The Kier molecular flexibility index (Phi) is 3.10. The van der Waals surface area contributed by atoms with Gasteiger partial charge in [0, 0.05) is 0 Å². The molecular weight excluding hydrogens is 219 g/mol. The predicted molar refractivity (Wildman–Crippen MR) is 65.1 cm³/mol. The van der Waals surface area contributed by atoms with E-state index in [0.29, 0.717) is 0 Å². The van der Waals surface area contributed by atoms with E-state index in [2.05, 4.69) is 0 Å². The molecule has 0 aromatic heterocycles. The summed E-state index contributed by atoms with van der Waals surface area (Å²) in [5.74, 6) is -0.625. The zero-order valence-electron chi connectivity index (χ0n) is 8.97. The van der Waals surface area contributed by atoms with E-state index in [-0.39, 0.29) is 17.3 Å². The van der Waals surface area contributed by atoms with Crippen molar-refractivity contribution in [2.75, 3.05) is 0 Å². The quantitative estimate of drug-likeness (QED) is 0.613. The molecule has 0 saturated heterocycles. The van der Waals surface area contributed by atoms with Crippen LogP contribution in [-0.4, -0.2) is 10.2 Å². The average molecular weight is 230 g/mol. The van der Waals surface area contributed by atoms with Gasteiger partial charge >= 0.3 is 0 Å². The van der Waals surface area contributed by atoms with Crippen molar-refractivity contribution < 1.29 is 14.6 Å². The minimum absolute atomic E-state index is 0.159. The van der Waals surface area contributed by atoms with Gasteiger partial charge in [-0.05, 0) is 35.4 Å². The molecule has 0 amide bonds. The molecule has 0 saturated carbocycles. The second-order valence-electron chi connectivity index (χ2n) is 3.64. The Bertz CT molecular complexity index is 562. The lowest BCUT2D eigenvalue weighted by Crippen LogP contribution is -1.76. The van der Waals surface area contributed by atoms with Crippen LogP contribution in [0.3, 0.4) is 0 Å². The van der Waals surface area contributed by atoms with Crippen molar-refractivity contribution >= 4 is 12.2 Å². The second-order valence-corrected chi connectivity index (χ2v) is 3.64. The lowest BCUT2D eigenvalue weighted by Gasteiger charge is -1.98. The van der Waals surface area contributed by atoms with Crippen LogP contribution in [0, 0.1) is 5.82 Å². The zero-order chi connectivity index (χ0) is 12.3. The van der Waals surface area contributed by atoms with E-state index >= 15 is 0 Å². The third-order valence-corrected chi connectivity index (χ3v) is 2.32. The van der Waals surface area contributed by atoms with Crippen LogP contribution in [0.25, 0.3) is 12.2 Å². The Balaban J connectivity index is 2.23. The summed E-state index contributed by atoms with van der Waals surface area (Å²) in [7, 11) is 0. The lowest BCUT2D eigenvalue weighted by atomic mass is 10.1. The Hall–Kier alpha value is -2.29. The largest absolute Gasteiger partial charge is 0.504 e. The van der Waals surface area contributed by atoms with Crippen LogP contribution in [0.4, 0.5) is 4.39 Å². The third kappa shape index (κ3) is 2.84. The summed E-state index contributed by atoms with van der Waals surface area (Å²) in [6.07, 6.45) is 3.46. The van der Waals surface area contributed by atoms with Crippen molar-refractivity contribution in [1.29, 1.82) is 0 Å². The van der Waals surface area contributed by atoms with E-state index in [9.17, 15) is 9.50 Å². The van der Waals surface area contributed by atoms with Gasteiger partial charge in [0.1, 0.15) is 5.82 Å². The highest BCUT2D eigenvalue weighted by molar-refractivity contribution is 5.70. The van der Waals surface area contributed by atoms with E-state index in [1.54, 1.807) is 30.4 Å². The van der Waals surface area contributed by atoms with Crippen LogP contribution in [-0.2, 0) is 0 Å². The maximum absolute atomic E-state index is 12.9. The normalized spacial score (nSPS) is 10.9. The number of phenols is 2. The molecular formula is C14H11FO2. The molecule has 0 radical (unpaired) electrons. The molecule has 0 bridgehead atoms. The van der Waals surface area contributed by atoms with Gasteiger partial charge in [-0.1, -0.05) is 30.4 Å². The summed E-state index contributed by atoms with van der Waals surface area (Å²) in [6.45, 7) is 0. The molecule has 0 spiro atoms. The second kappa shape index (κ2) is 4.70. The standard InChI is InChI=1S/C14H11FO2/c15-12-3-1-2-10(8-12)4-5-11-6-7-13(16)14(17)9-11/h1-9,16-17H/b5-4+. The molecule has 2 rings (SSSR count). The number of rotatable bonds is 2. The van der Waals surface area contributed by atoms with Crippen LogP contribution in [0.1, 0.15) is 11.1 Å². The molecule has 3 heteroatoms. The molecule has 0 atom stereocenters. The van der Waals surface area contributed by atoms with Crippen LogP contribution in [0.15, 0.2) is 42.5 Å². The van der Waals surface area contributed by atoms with Gasteiger partial charge in [-0.15, -0.1) is 0 Å². The monoisotopic (exact) mass is 230 g/mol. The molecule has 2 aromatic rings. The van der Waals surface area contributed by atoms with Crippen molar-refractivity contribution in [1.82, 2.24) is 0 Å². The SMILES string of the molecule is Oc1ccc(/C=C/c2cccc(F)c2)cc1O. The van der Waals surface area contributed by atoms with Crippen molar-refractivity contribution in [3.63, 3.8) is 0 Å². The van der Waals surface area contributed by atoms with E-state index in [0.717, 1.165) is 11.1 Å². The van der Waals surface area contributed by atoms with Gasteiger partial charge in [0.05, 0.1) is 0 Å². The molecule has 0 fully saturated rings. The van der Waals surface area contributed by atoms with Gasteiger partial charge in [0.15, 0.2) is 11.5 Å². The Labute approximate surface area is 98.3 Å². The summed E-state index contributed by atoms with van der Waals surface area (Å²) >= 11 is 0. The number of hydrogen-bond acceptors (Lipinski definition) is 2. The fourth-order valence-electron chi connectivity index (χ4n) is 1.45. The molecule has 2 nitrogen and oxygen atoms in total. The van der Waals surface area contributed by atoms with Gasteiger partial charge in [-0.25, -0.2) is 4.39 Å². The van der Waals surface area contributed by atoms with Crippen molar-refractivity contribution in [3.8, 4) is 11.5 Å². The summed E-state index contributed by atoms with van der Waals surface area (Å²) < 4.78 is 12.9. The minimum atomic E-state index is -0.291. The summed E-state index contributed by atoms with van der Waals surface area (Å²) in [5.41, 5.74) is 1.46. The van der Waals surface area contributed by atoms with E-state index in [1.165, 1.54) is 24.3 Å². The predicted octanol–water partition coefficient (Wildman–Crippen LogP) is 3.41. The first kappa shape index (κ1) is 11.2. The van der Waals surface area contributed by atoms with Gasteiger partial charge in [-0.3, -0.25) is 0 Å². The van der Waals surface area contributed by atoms with Gasteiger partial charge < -0.3 is 10.2 Å². The summed E-state index contributed by atoms with van der Waals surface area (Å²) in [6, 6.07) is 10.7. The molecule has 0 aliphatic rings. The number of hydrogen-bond donors (Lipinski definition) is 2. The van der Waals surface area contributed by atoms with Crippen LogP contribution in [0.2, 0.25) is 0 Å². The first-order valence-corrected chi connectivity index (χ1v) is 5.11. The minimum Gasteiger partial charge on any atom is -0.504 e. The Morgan fingerprint density at radius 3 is 2.18 bits per heavy atom. The summed E-state index contributed by atoms with van der Waals surface area (Å²) in [5, 5.41) is 18.4. The van der Waals surface area contributed by atoms with Gasteiger partial charge in [0.2, 0.25) is 0 Å². The zero-order valence-corrected chi connectivity index (χ0v) is 8.97. The summed E-state index contributed by atoms with van der Waals surface area (Å²) in [4.78, 5) is 0. The van der Waals surface area contributed by atoms with Crippen LogP contribution in [0.5, 0.6) is 11.5 Å². The fraction of sp³-hybridized carbons (Fsp3) is 0. The molecule has 2 aromatic carbocycles. The molecule has 0 aliphatic carbocycles. The van der Waals surface area contributed by atoms with E-state index in [1.807, 2.05) is 0 Å². The first-order valence-electron chi connectivity index (χ1n) is 5.11. The average Bonchev–Trinajstić information content (AvgIpc) is 2.31. The molecule has 0 unspecified atom stereocenters. The topological polar surface area (TPSA) is 40.5 Å². The number of phenolic OH excluding ortho intramolecular Hbond substituents is 2. The van der Waals surface area contributed by atoms with Gasteiger partial charge in [-0.2, -0.15) is 0 Å². The molecule has 0 heterocycles. The van der Waals surface area contributed by atoms with E-state index in [4.69, 9.17) is 5.11 Å². The highest BCUT2D eigenvalue weighted by atomic mass is 19.1. The highest BCUT2D eigenvalue weighted by Crippen LogP contribution is 2.25. The Morgan fingerprint density at radius 1 is 0.824 bits per heavy atom. The van der Waals surface area contributed by atoms with Crippen LogP contribution < -0.4 is 0 Å². The Morgan fingerprint density at radius 2 is 1.53 bits per heavy atom. The smallest absolute Gasteiger partial charge is 0.157 e. The van der Waals surface area contributed by atoms with Gasteiger partial charge in [0.25, 0.3) is 0 Å². The maximum atomic E-state index is 12.9. The molecule has 17 heavy (non-hydrogen) atoms. The first-order chi connectivity index (χ1) is 8.15. The number of benzene rings is 2. The molecule has 86 valence electrons. The highest BCUT2D eigenvalue weighted by Gasteiger charge is 1.97. The van der Waals surface area contributed by atoms with Crippen molar-refractivity contribution in [2.24, 2.45) is 0 Å². The molecule has 2 N–H and O–H groups in total. The number of aromatic hydroxyl groups is 2.